The highest BCUT2D eigenvalue weighted by Crippen LogP contribution is 2.34. The van der Waals surface area contributed by atoms with Crippen LogP contribution in [0.3, 0.4) is 0 Å². The summed E-state index contributed by atoms with van der Waals surface area (Å²) in [6, 6.07) is 15.7. The van der Waals surface area contributed by atoms with Crippen LogP contribution in [0.15, 0.2) is 66.9 Å². The second-order valence-corrected chi connectivity index (χ2v) is 9.72. The number of rotatable bonds is 6. The SMILES string of the molecule is NC(=O)C1CCN(C(=O)c2cc(NC(=O)c3cc(-c4ncccc4F)c(Cl)cc3Cl)n(-c3ccccc3)n2)C1. The number of primary amides is 1. The third-order valence-corrected chi connectivity index (χ3v) is 6.99. The van der Waals surface area contributed by atoms with E-state index in [1.807, 2.05) is 6.07 Å². The van der Waals surface area contributed by atoms with Gasteiger partial charge in [0, 0.05) is 30.9 Å². The Morgan fingerprint density at radius 3 is 2.49 bits per heavy atom. The van der Waals surface area contributed by atoms with Crippen LogP contribution >= 0.6 is 23.2 Å². The van der Waals surface area contributed by atoms with E-state index in [0.717, 1.165) is 0 Å². The Kier molecular flexibility index (Phi) is 7.32. The number of aromatic nitrogens is 3. The van der Waals surface area contributed by atoms with E-state index < -0.39 is 29.5 Å². The van der Waals surface area contributed by atoms with E-state index in [1.54, 1.807) is 24.3 Å². The van der Waals surface area contributed by atoms with E-state index in [-0.39, 0.29) is 44.9 Å². The maximum absolute atomic E-state index is 14.4. The fourth-order valence-corrected chi connectivity index (χ4v) is 4.91. The average Bonchev–Trinajstić information content (AvgIpc) is 3.58. The normalized spacial score (nSPS) is 14.8. The lowest BCUT2D eigenvalue weighted by molar-refractivity contribution is -0.121. The van der Waals surface area contributed by atoms with Crippen LogP contribution in [-0.2, 0) is 4.79 Å². The molecule has 1 unspecified atom stereocenters. The van der Waals surface area contributed by atoms with Crippen LogP contribution in [0.25, 0.3) is 16.9 Å². The minimum absolute atomic E-state index is 0.0126. The molecule has 1 fully saturated rings. The molecular weight excluding hydrogens is 546 g/mol. The molecule has 3 heterocycles. The van der Waals surface area contributed by atoms with Crippen LogP contribution in [0.4, 0.5) is 10.2 Å². The van der Waals surface area contributed by atoms with Gasteiger partial charge in [-0.3, -0.25) is 19.4 Å². The number of hydrogen-bond acceptors (Lipinski definition) is 5. The molecule has 0 spiro atoms. The van der Waals surface area contributed by atoms with E-state index in [4.69, 9.17) is 28.9 Å². The number of benzene rings is 2. The Labute approximate surface area is 232 Å². The van der Waals surface area contributed by atoms with Crippen LogP contribution in [0.2, 0.25) is 10.0 Å². The Bertz CT molecular complexity index is 1590. The number of para-hydroxylation sites is 1. The Balaban J connectivity index is 1.49. The van der Waals surface area contributed by atoms with Gasteiger partial charge in [0.25, 0.3) is 11.8 Å². The zero-order chi connectivity index (χ0) is 27.7. The van der Waals surface area contributed by atoms with Gasteiger partial charge in [-0.25, -0.2) is 9.07 Å². The smallest absolute Gasteiger partial charge is 0.274 e. The number of halogens is 3. The first-order valence-electron chi connectivity index (χ1n) is 11.9. The zero-order valence-electron chi connectivity index (χ0n) is 20.3. The number of pyridine rings is 1. The number of likely N-dealkylation sites (tertiary alicyclic amines) is 1. The van der Waals surface area contributed by atoms with Crippen molar-refractivity contribution in [3.05, 3.63) is 94.0 Å². The summed E-state index contributed by atoms with van der Waals surface area (Å²) in [4.78, 5) is 43.7. The summed E-state index contributed by atoms with van der Waals surface area (Å²) in [5, 5.41) is 7.34. The first kappa shape index (κ1) is 26.3. The van der Waals surface area contributed by atoms with Crippen LogP contribution in [0.5, 0.6) is 0 Å². The molecule has 1 aliphatic rings. The lowest BCUT2D eigenvalue weighted by atomic mass is 10.1. The Morgan fingerprint density at radius 2 is 1.79 bits per heavy atom. The van der Waals surface area contributed by atoms with Crippen molar-refractivity contribution in [2.24, 2.45) is 11.7 Å². The van der Waals surface area contributed by atoms with Crippen molar-refractivity contribution in [1.29, 1.82) is 0 Å². The van der Waals surface area contributed by atoms with E-state index in [0.29, 0.717) is 18.7 Å². The molecule has 1 aliphatic heterocycles. The van der Waals surface area contributed by atoms with E-state index >= 15 is 0 Å². The number of nitrogens with zero attached hydrogens (tertiary/aromatic N) is 4. The largest absolute Gasteiger partial charge is 0.369 e. The summed E-state index contributed by atoms with van der Waals surface area (Å²) in [6.07, 6.45) is 1.88. The molecule has 9 nitrogen and oxygen atoms in total. The highest BCUT2D eigenvalue weighted by Gasteiger charge is 2.32. The Morgan fingerprint density at radius 1 is 1.03 bits per heavy atom. The van der Waals surface area contributed by atoms with Gasteiger partial charge < -0.3 is 16.0 Å². The summed E-state index contributed by atoms with van der Waals surface area (Å²) < 4.78 is 15.8. The molecule has 1 saturated heterocycles. The second kappa shape index (κ2) is 10.8. The molecule has 1 atom stereocenters. The fourth-order valence-electron chi connectivity index (χ4n) is 4.35. The first-order valence-corrected chi connectivity index (χ1v) is 12.6. The number of amides is 3. The molecular formula is C27H21Cl2FN6O3. The van der Waals surface area contributed by atoms with E-state index in [9.17, 15) is 18.8 Å². The van der Waals surface area contributed by atoms with Crippen molar-refractivity contribution in [3.63, 3.8) is 0 Å². The van der Waals surface area contributed by atoms with Crippen molar-refractivity contribution in [1.82, 2.24) is 19.7 Å². The third kappa shape index (κ3) is 5.34. The summed E-state index contributed by atoms with van der Waals surface area (Å²) in [6.45, 7) is 0.556. The predicted octanol–water partition coefficient (Wildman–Crippen LogP) is 4.58. The highest BCUT2D eigenvalue weighted by molar-refractivity contribution is 6.38. The molecule has 2 aromatic carbocycles. The molecule has 39 heavy (non-hydrogen) atoms. The summed E-state index contributed by atoms with van der Waals surface area (Å²) in [5.74, 6) is -2.34. The zero-order valence-corrected chi connectivity index (χ0v) is 21.8. The van der Waals surface area contributed by atoms with Crippen LogP contribution < -0.4 is 11.1 Å². The topological polar surface area (TPSA) is 123 Å². The van der Waals surface area contributed by atoms with E-state index in [1.165, 1.54) is 46.1 Å². The molecule has 198 valence electrons. The van der Waals surface area contributed by atoms with Gasteiger partial charge in [0.15, 0.2) is 5.69 Å². The van der Waals surface area contributed by atoms with Crippen LogP contribution in [0, 0.1) is 11.7 Å². The highest BCUT2D eigenvalue weighted by atomic mass is 35.5. The molecule has 0 bridgehead atoms. The van der Waals surface area contributed by atoms with Crippen LogP contribution in [0.1, 0.15) is 27.3 Å². The molecule has 0 aliphatic carbocycles. The predicted molar refractivity (Wildman–Crippen MR) is 144 cm³/mol. The lowest BCUT2D eigenvalue weighted by Crippen LogP contribution is -2.32. The molecule has 4 aromatic rings. The van der Waals surface area contributed by atoms with Gasteiger partial charge in [-0.1, -0.05) is 41.4 Å². The van der Waals surface area contributed by atoms with Gasteiger partial charge >= 0.3 is 0 Å². The second-order valence-electron chi connectivity index (χ2n) is 8.90. The molecule has 3 N–H and O–H groups in total. The van der Waals surface area contributed by atoms with Gasteiger partial charge in [0.05, 0.1) is 27.2 Å². The minimum Gasteiger partial charge on any atom is -0.369 e. The molecule has 3 amide bonds. The maximum atomic E-state index is 14.4. The van der Waals surface area contributed by atoms with Gasteiger partial charge in [-0.2, -0.15) is 5.10 Å². The number of carbonyl (C=O) groups excluding carboxylic acids is 3. The van der Waals surface area contributed by atoms with Crippen molar-refractivity contribution in [3.8, 4) is 16.9 Å². The standard InChI is InChI=1S/C27H21Cl2FN6O3/c28-19-12-20(29)18(11-17(19)24-21(30)7-4-9-32-24)26(38)33-23-13-22(34-36(23)16-5-2-1-3-6-16)27(39)35-10-8-15(14-35)25(31)37/h1-7,9,11-13,15H,8,10,14H2,(H2,31,37)(H,33,38). The van der Waals surface area contributed by atoms with Crippen molar-refractivity contribution in [2.75, 3.05) is 18.4 Å². The molecule has 0 radical (unpaired) electrons. The van der Waals surface area contributed by atoms with E-state index in [2.05, 4.69) is 15.4 Å². The Hall–Kier alpha value is -4.28. The monoisotopic (exact) mass is 566 g/mol. The van der Waals surface area contributed by atoms with Crippen molar-refractivity contribution >= 4 is 46.7 Å². The summed E-state index contributed by atoms with van der Waals surface area (Å²) in [7, 11) is 0. The van der Waals surface area contributed by atoms with Gasteiger partial charge in [0.2, 0.25) is 5.91 Å². The average molecular weight is 567 g/mol. The number of nitrogens with one attached hydrogen (secondary N) is 1. The quantitative estimate of drug-likeness (QED) is 0.353. The number of nitrogens with two attached hydrogens (primary N) is 1. The summed E-state index contributed by atoms with van der Waals surface area (Å²) in [5.41, 5.74) is 6.23. The minimum atomic E-state index is -0.639. The van der Waals surface area contributed by atoms with Gasteiger partial charge in [-0.15, -0.1) is 0 Å². The fraction of sp³-hybridized carbons (Fsp3) is 0.148. The first-order chi connectivity index (χ1) is 18.7. The number of hydrogen-bond donors (Lipinski definition) is 2. The third-order valence-electron chi connectivity index (χ3n) is 6.36. The summed E-state index contributed by atoms with van der Waals surface area (Å²) >= 11 is 12.6. The molecule has 0 saturated carbocycles. The van der Waals surface area contributed by atoms with Gasteiger partial charge in [-0.05, 0) is 42.8 Å². The lowest BCUT2D eigenvalue weighted by Gasteiger charge is -2.14. The van der Waals surface area contributed by atoms with Crippen LogP contribution in [-0.4, -0.2) is 50.5 Å². The molecule has 2 aromatic heterocycles. The molecule has 12 heteroatoms. The van der Waals surface area contributed by atoms with Gasteiger partial charge in [0.1, 0.15) is 17.3 Å². The number of anilines is 1. The van der Waals surface area contributed by atoms with Crippen molar-refractivity contribution < 1.29 is 18.8 Å². The van der Waals surface area contributed by atoms with Crippen molar-refractivity contribution in [2.45, 2.75) is 6.42 Å². The number of carbonyl (C=O) groups is 3. The maximum Gasteiger partial charge on any atom is 0.274 e. The molecule has 5 rings (SSSR count).